The van der Waals surface area contributed by atoms with E-state index in [0.29, 0.717) is 5.41 Å². The van der Waals surface area contributed by atoms with Crippen molar-refractivity contribution in [2.45, 2.75) is 91.9 Å². The maximum atomic E-state index is 4.04. The van der Waals surface area contributed by atoms with E-state index in [-0.39, 0.29) is 0 Å². The molecule has 0 aromatic carbocycles. The van der Waals surface area contributed by atoms with E-state index < -0.39 is 0 Å². The maximum absolute atomic E-state index is 4.04. The molecule has 0 amide bonds. The van der Waals surface area contributed by atoms with E-state index in [2.05, 4.69) is 26.5 Å². The topological polar surface area (TPSA) is 0 Å². The second-order valence-electron chi connectivity index (χ2n) is 9.70. The third-order valence-corrected chi connectivity index (χ3v) is 8.86. The van der Waals surface area contributed by atoms with Crippen molar-refractivity contribution in [1.29, 1.82) is 0 Å². The smallest absolute Gasteiger partial charge is 0.0263 e. The first-order chi connectivity index (χ1) is 11.6. The van der Waals surface area contributed by atoms with Crippen molar-refractivity contribution in [2.24, 2.45) is 46.8 Å². The summed E-state index contributed by atoms with van der Waals surface area (Å²) in [7, 11) is 0. The molecule has 0 spiro atoms. The van der Waals surface area contributed by atoms with Crippen LogP contribution in [0.5, 0.6) is 0 Å². The first-order valence-electron chi connectivity index (χ1n) is 11.2. The second kappa shape index (κ2) is 7.55. The summed E-state index contributed by atoms with van der Waals surface area (Å²) in [5.74, 6) is 7.40. The van der Waals surface area contributed by atoms with E-state index in [1.807, 2.05) is 13.8 Å². The standard InChI is InChI=1S/C22H36.C2H6/c1-4-5-17-8-11-21-20-10-7-16-14-15(2)6-9-18(16)19(20)12-13-22(17,21)3;1-2/h4,15-21H,1,5-14H2,2-3H3;1-2H3. The molecule has 0 aromatic rings. The van der Waals surface area contributed by atoms with Crippen molar-refractivity contribution < 1.29 is 0 Å². The lowest BCUT2D eigenvalue weighted by Crippen LogP contribution is -2.48. The molecule has 4 rings (SSSR count). The van der Waals surface area contributed by atoms with Gasteiger partial charge in [0.1, 0.15) is 0 Å². The summed E-state index contributed by atoms with van der Waals surface area (Å²) in [6, 6.07) is 0. The monoisotopic (exact) mass is 330 g/mol. The maximum Gasteiger partial charge on any atom is -0.0263 e. The molecule has 0 aliphatic heterocycles. The summed E-state index contributed by atoms with van der Waals surface area (Å²) < 4.78 is 0. The van der Waals surface area contributed by atoms with Crippen molar-refractivity contribution in [1.82, 2.24) is 0 Å². The van der Waals surface area contributed by atoms with Gasteiger partial charge in [0.25, 0.3) is 0 Å². The predicted molar refractivity (Wildman–Crippen MR) is 106 cm³/mol. The molecule has 4 fully saturated rings. The number of rotatable bonds is 2. The number of allylic oxidation sites excluding steroid dienone is 1. The Morgan fingerprint density at radius 3 is 2.42 bits per heavy atom. The number of fused-ring (bicyclic) bond motifs is 5. The Bertz CT molecular complexity index is 424. The SMILES string of the molecule is C=CCC1CCC2C3CCC4CC(C)CCC4C3CCC12C.CC. The minimum absolute atomic E-state index is 0.657. The van der Waals surface area contributed by atoms with E-state index in [4.69, 9.17) is 0 Å². The molecule has 0 heteroatoms. The minimum Gasteiger partial charge on any atom is -0.103 e. The van der Waals surface area contributed by atoms with Gasteiger partial charge in [0, 0.05) is 0 Å². The van der Waals surface area contributed by atoms with Crippen LogP contribution in [0.1, 0.15) is 91.9 Å². The minimum atomic E-state index is 0.657. The Morgan fingerprint density at radius 1 is 0.917 bits per heavy atom. The second-order valence-corrected chi connectivity index (χ2v) is 9.70. The lowest BCUT2D eigenvalue weighted by molar-refractivity contribution is -0.0666. The van der Waals surface area contributed by atoms with Gasteiger partial charge >= 0.3 is 0 Å². The van der Waals surface area contributed by atoms with E-state index >= 15 is 0 Å². The zero-order valence-corrected chi connectivity index (χ0v) is 16.9. The molecule has 0 radical (unpaired) electrons. The summed E-state index contributed by atoms with van der Waals surface area (Å²) in [6.45, 7) is 13.2. The molecule has 0 saturated heterocycles. The van der Waals surface area contributed by atoms with Crippen LogP contribution in [0.15, 0.2) is 12.7 Å². The average molecular weight is 331 g/mol. The van der Waals surface area contributed by atoms with Crippen LogP contribution in [-0.2, 0) is 0 Å². The van der Waals surface area contributed by atoms with Crippen molar-refractivity contribution in [3.63, 3.8) is 0 Å². The fourth-order valence-corrected chi connectivity index (χ4v) is 7.79. The molecule has 4 aliphatic rings. The molecule has 24 heavy (non-hydrogen) atoms. The first-order valence-corrected chi connectivity index (χ1v) is 11.2. The van der Waals surface area contributed by atoms with Crippen molar-refractivity contribution in [2.75, 3.05) is 0 Å². The van der Waals surface area contributed by atoms with Crippen LogP contribution in [0.4, 0.5) is 0 Å². The van der Waals surface area contributed by atoms with Crippen molar-refractivity contribution >= 4 is 0 Å². The van der Waals surface area contributed by atoms with Gasteiger partial charge in [-0.05, 0) is 105 Å². The van der Waals surface area contributed by atoms with Crippen LogP contribution in [0.25, 0.3) is 0 Å². The Kier molecular flexibility index (Phi) is 5.83. The van der Waals surface area contributed by atoms with Gasteiger partial charge in [0.15, 0.2) is 0 Å². The van der Waals surface area contributed by atoms with Gasteiger partial charge in [-0.1, -0.05) is 40.2 Å². The highest BCUT2D eigenvalue weighted by Crippen LogP contribution is 2.64. The van der Waals surface area contributed by atoms with Crippen LogP contribution in [-0.4, -0.2) is 0 Å². The molecule has 0 aromatic heterocycles. The Hall–Kier alpha value is -0.260. The highest BCUT2D eigenvalue weighted by molar-refractivity contribution is 5.06. The average Bonchev–Trinajstić information content (AvgIpc) is 2.93. The van der Waals surface area contributed by atoms with Gasteiger partial charge in [0.05, 0.1) is 0 Å². The van der Waals surface area contributed by atoms with Gasteiger partial charge in [-0.15, -0.1) is 6.58 Å². The van der Waals surface area contributed by atoms with Gasteiger partial charge < -0.3 is 0 Å². The molecular formula is C24H42. The summed E-state index contributed by atoms with van der Waals surface area (Å²) in [6.07, 6.45) is 17.3. The van der Waals surface area contributed by atoms with Crippen LogP contribution in [0, 0.1) is 46.8 Å². The molecule has 0 bridgehead atoms. The summed E-state index contributed by atoms with van der Waals surface area (Å²) in [4.78, 5) is 0. The summed E-state index contributed by atoms with van der Waals surface area (Å²) >= 11 is 0. The van der Waals surface area contributed by atoms with Crippen LogP contribution in [0.2, 0.25) is 0 Å². The normalized spacial score (nSPS) is 49.9. The summed E-state index contributed by atoms with van der Waals surface area (Å²) in [5, 5.41) is 0. The lowest BCUT2D eigenvalue weighted by Gasteiger charge is -2.56. The Morgan fingerprint density at radius 2 is 1.67 bits per heavy atom. The Labute approximate surface area is 151 Å². The van der Waals surface area contributed by atoms with Gasteiger partial charge in [0.2, 0.25) is 0 Å². The zero-order chi connectivity index (χ0) is 17.3. The van der Waals surface area contributed by atoms with Crippen LogP contribution in [0.3, 0.4) is 0 Å². The molecule has 8 unspecified atom stereocenters. The van der Waals surface area contributed by atoms with E-state index in [1.54, 1.807) is 32.1 Å². The van der Waals surface area contributed by atoms with Gasteiger partial charge in [-0.25, -0.2) is 0 Å². The third kappa shape index (κ3) is 3.01. The molecular weight excluding hydrogens is 288 g/mol. The zero-order valence-electron chi connectivity index (χ0n) is 16.9. The molecule has 138 valence electrons. The molecule has 8 atom stereocenters. The predicted octanol–water partition coefficient (Wildman–Crippen LogP) is 7.49. The Balaban J connectivity index is 0.000000815. The van der Waals surface area contributed by atoms with Crippen LogP contribution < -0.4 is 0 Å². The van der Waals surface area contributed by atoms with E-state index in [9.17, 15) is 0 Å². The largest absolute Gasteiger partial charge is 0.103 e. The van der Waals surface area contributed by atoms with Gasteiger partial charge in [-0.2, -0.15) is 0 Å². The number of hydrogen-bond donors (Lipinski definition) is 0. The molecule has 4 aliphatic carbocycles. The summed E-state index contributed by atoms with van der Waals surface area (Å²) in [5.41, 5.74) is 0.657. The van der Waals surface area contributed by atoms with Crippen molar-refractivity contribution in [3.05, 3.63) is 12.7 Å². The molecule has 0 heterocycles. The highest BCUT2D eigenvalue weighted by atomic mass is 14.6. The highest BCUT2D eigenvalue weighted by Gasteiger charge is 2.56. The quantitative estimate of drug-likeness (QED) is 0.460. The fraction of sp³-hybridized carbons (Fsp3) is 0.917. The van der Waals surface area contributed by atoms with Gasteiger partial charge in [-0.3, -0.25) is 0 Å². The lowest BCUT2D eigenvalue weighted by atomic mass is 9.49. The molecule has 0 N–H and O–H groups in total. The van der Waals surface area contributed by atoms with Crippen molar-refractivity contribution in [3.8, 4) is 0 Å². The van der Waals surface area contributed by atoms with E-state index in [0.717, 1.165) is 41.4 Å². The molecule has 0 nitrogen and oxygen atoms in total. The first kappa shape index (κ1) is 18.5. The fourth-order valence-electron chi connectivity index (χ4n) is 7.79. The third-order valence-electron chi connectivity index (χ3n) is 8.86. The number of hydrogen-bond acceptors (Lipinski definition) is 0. The molecule has 4 saturated carbocycles. The van der Waals surface area contributed by atoms with E-state index in [1.165, 1.54) is 32.1 Å². The van der Waals surface area contributed by atoms with Crippen LogP contribution >= 0.6 is 0 Å².